The highest BCUT2D eigenvalue weighted by Gasteiger charge is 2.25. The number of hydrogen-bond donors (Lipinski definition) is 0. The van der Waals surface area contributed by atoms with E-state index in [1.165, 1.54) is 18.7 Å². The second kappa shape index (κ2) is 8.20. The van der Waals surface area contributed by atoms with Crippen LogP contribution in [0.2, 0.25) is 0 Å². The second-order valence-electron chi connectivity index (χ2n) is 5.19. The molecular weight excluding hydrogens is 286 g/mol. The molecule has 1 aromatic carbocycles. The Morgan fingerprint density at radius 2 is 1.90 bits per heavy atom. The first kappa shape index (κ1) is 16.0. The van der Waals surface area contributed by atoms with E-state index < -0.39 is 0 Å². The summed E-state index contributed by atoms with van der Waals surface area (Å²) in [5.74, 6) is -0.0977. The summed E-state index contributed by atoms with van der Waals surface area (Å²) < 4.78 is 4.95. The molecule has 0 amide bonds. The lowest BCUT2D eigenvalue weighted by atomic mass is 9.98. The third kappa shape index (κ3) is 5.52. The van der Waals surface area contributed by atoms with Gasteiger partial charge in [0.1, 0.15) is 6.61 Å². The number of piperidine rings is 1. The molecule has 1 saturated heterocycles. The average molecular weight is 307 g/mol. The van der Waals surface area contributed by atoms with Gasteiger partial charge in [-0.25, -0.2) is 0 Å². The Kier molecular flexibility index (Phi) is 6.26. The molecule has 0 atom stereocenters. The minimum Gasteiger partial charge on any atom is -0.465 e. The Hall–Kier alpha value is -1.33. The van der Waals surface area contributed by atoms with E-state index >= 15 is 0 Å². The maximum atomic E-state index is 12.3. The average Bonchev–Trinajstić information content (AvgIpc) is 2.48. The van der Waals surface area contributed by atoms with E-state index in [2.05, 4.69) is 4.90 Å². The number of carbonyl (C=O) groups is 2. The molecule has 2 rings (SSSR count). The molecule has 1 heterocycles. The van der Waals surface area contributed by atoms with E-state index in [1.54, 1.807) is 0 Å². The van der Waals surface area contributed by atoms with Crippen LogP contribution in [0.25, 0.3) is 0 Å². The van der Waals surface area contributed by atoms with Crippen LogP contribution in [0.4, 0.5) is 0 Å². The molecule has 0 radical (unpaired) electrons. The zero-order chi connectivity index (χ0) is 15.1. The van der Waals surface area contributed by atoms with Crippen molar-refractivity contribution in [2.45, 2.75) is 24.7 Å². The number of likely N-dealkylation sites (tertiary alicyclic amines) is 1. The van der Waals surface area contributed by atoms with Crippen molar-refractivity contribution in [3.8, 4) is 0 Å². The summed E-state index contributed by atoms with van der Waals surface area (Å²) in [7, 11) is 0. The first-order valence-corrected chi connectivity index (χ1v) is 8.09. The molecule has 0 bridgehead atoms. The largest absolute Gasteiger partial charge is 0.465 e. The highest BCUT2D eigenvalue weighted by molar-refractivity contribution is 8.13. The van der Waals surface area contributed by atoms with Crippen molar-refractivity contribution >= 4 is 22.8 Å². The first-order chi connectivity index (χ1) is 10.1. The van der Waals surface area contributed by atoms with E-state index in [9.17, 15) is 9.59 Å². The van der Waals surface area contributed by atoms with E-state index in [4.69, 9.17) is 4.74 Å². The highest BCUT2D eigenvalue weighted by Crippen LogP contribution is 2.27. The van der Waals surface area contributed by atoms with Gasteiger partial charge in [-0.1, -0.05) is 30.0 Å². The number of carbonyl (C=O) groups excluding carboxylic acids is 2. The van der Waals surface area contributed by atoms with Crippen LogP contribution in [-0.2, 0) is 14.3 Å². The molecule has 0 unspecified atom stereocenters. The van der Waals surface area contributed by atoms with Gasteiger partial charge in [-0.05, 0) is 38.1 Å². The monoisotopic (exact) mass is 307 g/mol. The van der Waals surface area contributed by atoms with Gasteiger partial charge >= 0.3 is 5.97 Å². The number of nitrogens with zero attached hydrogens (tertiary/aromatic N) is 1. The van der Waals surface area contributed by atoms with Crippen molar-refractivity contribution in [1.29, 1.82) is 0 Å². The van der Waals surface area contributed by atoms with Crippen LogP contribution in [0.15, 0.2) is 35.2 Å². The summed E-state index contributed by atoms with van der Waals surface area (Å²) in [6.45, 7) is 4.41. The predicted octanol–water partition coefficient (Wildman–Crippen LogP) is 2.58. The molecule has 114 valence electrons. The van der Waals surface area contributed by atoms with E-state index in [-0.39, 0.29) is 17.0 Å². The molecule has 1 aromatic rings. The lowest BCUT2D eigenvalue weighted by Crippen LogP contribution is -2.37. The molecule has 21 heavy (non-hydrogen) atoms. The number of benzene rings is 1. The highest BCUT2D eigenvalue weighted by atomic mass is 32.2. The summed E-state index contributed by atoms with van der Waals surface area (Å²) in [5, 5.41) is 0.265. The number of ether oxygens (including phenoxy) is 1. The molecule has 1 aliphatic heterocycles. The Balaban J connectivity index is 1.71. The number of esters is 1. The summed E-state index contributed by atoms with van der Waals surface area (Å²) in [4.78, 5) is 26.2. The fraction of sp³-hybridized carbons (Fsp3) is 0.500. The SMILES string of the molecule is CC(=O)OCCN1CCC(C(=O)Sc2ccccc2)CC1. The molecular formula is C16H21NO3S. The lowest BCUT2D eigenvalue weighted by molar-refractivity contribution is -0.141. The van der Waals surface area contributed by atoms with Gasteiger partial charge in [0, 0.05) is 24.3 Å². The molecule has 0 spiro atoms. The van der Waals surface area contributed by atoms with Crippen LogP contribution >= 0.6 is 11.8 Å². The van der Waals surface area contributed by atoms with Gasteiger partial charge in [0.25, 0.3) is 0 Å². The Labute approximate surface area is 129 Å². The van der Waals surface area contributed by atoms with Crippen molar-refractivity contribution in [2.75, 3.05) is 26.2 Å². The van der Waals surface area contributed by atoms with Crippen LogP contribution in [0, 0.1) is 5.92 Å². The van der Waals surface area contributed by atoms with Crippen molar-refractivity contribution < 1.29 is 14.3 Å². The maximum Gasteiger partial charge on any atom is 0.302 e. The van der Waals surface area contributed by atoms with Crippen molar-refractivity contribution in [1.82, 2.24) is 4.90 Å². The fourth-order valence-electron chi connectivity index (χ4n) is 2.40. The van der Waals surface area contributed by atoms with Crippen LogP contribution in [0.5, 0.6) is 0 Å². The van der Waals surface area contributed by atoms with E-state index in [1.807, 2.05) is 30.3 Å². The van der Waals surface area contributed by atoms with Gasteiger partial charge in [-0.2, -0.15) is 0 Å². The van der Waals surface area contributed by atoms with Gasteiger partial charge < -0.3 is 4.74 Å². The topological polar surface area (TPSA) is 46.6 Å². The summed E-state index contributed by atoms with van der Waals surface area (Å²) in [5.41, 5.74) is 0. The van der Waals surface area contributed by atoms with Gasteiger partial charge in [-0.15, -0.1) is 0 Å². The van der Waals surface area contributed by atoms with Gasteiger partial charge in [0.05, 0.1) is 0 Å². The normalized spacial score (nSPS) is 16.6. The third-order valence-electron chi connectivity index (χ3n) is 3.60. The first-order valence-electron chi connectivity index (χ1n) is 7.27. The van der Waals surface area contributed by atoms with Crippen molar-refractivity contribution in [3.63, 3.8) is 0 Å². The van der Waals surface area contributed by atoms with Crippen LogP contribution in [-0.4, -0.2) is 42.2 Å². The zero-order valence-electron chi connectivity index (χ0n) is 12.3. The standard InChI is InChI=1S/C16H21NO3S/c1-13(18)20-12-11-17-9-7-14(8-10-17)16(19)21-15-5-3-2-4-6-15/h2-6,14H,7-12H2,1H3. The molecule has 4 nitrogen and oxygen atoms in total. The molecule has 1 fully saturated rings. The Morgan fingerprint density at radius 1 is 1.24 bits per heavy atom. The van der Waals surface area contributed by atoms with Gasteiger partial charge in [-0.3, -0.25) is 14.5 Å². The van der Waals surface area contributed by atoms with E-state index in [0.29, 0.717) is 6.61 Å². The molecule has 0 aliphatic carbocycles. The van der Waals surface area contributed by atoms with E-state index in [0.717, 1.165) is 37.4 Å². The molecule has 0 N–H and O–H groups in total. The zero-order valence-corrected chi connectivity index (χ0v) is 13.1. The molecule has 0 aromatic heterocycles. The number of rotatable bonds is 5. The smallest absolute Gasteiger partial charge is 0.302 e. The van der Waals surface area contributed by atoms with Crippen molar-refractivity contribution in [2.24, 2.45) is 5.92 Å². The van der Waals surface area contributed by atoms with Gasteiger partial charge in [0.15, 0.2) is 5.12 Å². The minimum absolute atomic E-state index is 0.139. The predicted molar refractivity (Wildman–Crippen MR) is 83.1 cm³/mol. The molecule has 1 aliphatic rings. The Bertz CT molecular complexity index is 470. The minimum atomic E-state index is -0.237. The fourth-order valence-corrected chi connectivity index (χ4v) is 3.33. The number of hydrogen-bond acceptors (Lipinski definition) is 5. The van der Waals surface area contributed by atoms with Crippen LogP contribution in [0.1, 0.15) is 19.8 Å². The number of thioether (sulfide) groups is 1. The third-order valence-corrected chi connectivity index (χ3v) is 4.64. The summed E-state index contributed by atoms with van der Waals surface area (Å²) in [6.07, 6.45) is 1.78. The van der Waals surface area contributed by atoms with Crippen LogP contribution in [0.3, 0.4) is 0 Å². The summed E-state index contributed by atoms with van der Waals surface area (Å²) in [6, 6.07) is 9.80. The molecule has 5 heteroatoms. The second-order valence-corrected chi connectivity index (χ2v) is 6.27. The summed E-state index contributed by atoms with van der Waals surface area (Å²) >= 11 is 1.35. The van der Waals surface area contributed by atoms with Crippen LogP contribution < -0.4 is 0 Å². The van der Waals surface area contributed by atoms with Gasteiger partial charge in [0.2, 0.25) is 0 Å². The lowest BCUT2D eigenvalue weighted by Gasteiger charge is -2.30. The Morgan fingerprint density at radius 3 is 2.52 bits per heavy atom. The maximum absolute atomic E-state index is 12.3. The van der Waals surface area contributed by atoms with Crippen molar-refractivity contribution in [3.05, 3.63) is 30.3 Å². The molecule has 0 saturated carbocycles. The quantitative estimate of drug-likeness (QED) is 0.618.